The van der Waals surface area contributed by atoms with Crippen LogP contribution >= 0.6 is 0 Å². The summed E-state index contributed by atoms with van der Waals surface area (Å²) in [5.74, 6) is 0. The molecule has 0 atom stereocenters. The van der Waals surface area contributed by atoms with Crippen molar-refractivity contribution in [1.29, 1.82) is 0 Å². The van der Waals surface area contributed by atoms with Crippen LogP contribution in [0, 0.1) is 5.41 Å². The van der Waals surface area contributed by atoms with E-state index in [9.17, 15) is 0 Å². The van der Waals surface area contributed by atoms with Crippen LogP contribution in [-0.4, -0.2) is 0 Å². The minimum Gasteiger partial charge on any atom is -0.0750 e. The lowest BCUT2D eigenvalue weighted by atomic mass is 9.78. The average Bonchev–Trinajstić information content (AvgIpc) is 2.18. The van der Waals surface area contributed by atoms with Crippen molar-refractivity contribution in [3.63, 3.8) is 0 Å². The fourth-order valence-electron chi connectivity index (χ4n) is 2.23. The molecule has 0 fully saturated rings. The van der Waals surface area contributed by atoms with Crippen molar-refractivity contribution < 1.29 is 0 Å². The first-order valence-corrected chi connectivity index (χ1v) is 5.45. The quantitative estimate of drug-likeness (QED) is 0.614. The van der Waals surface area contributed by atoms with Crippen molar-refractivity contribution in [3.8, 4) is 0 Å². The van der Waals surface area contributed by atoms with Gasteiger partial charge in [0.2, 0.25) is 0 Å². The van der Waals surface area contributed by atoms with Gasteiger partial charge in [0, 0.05) is 0 Å². The van der Waals surface area contributed by atoms with E-state index in [-0.39, 0.29) is 0 Å². The van der Waals surface area contributed by atoms with Crippen LogP contribution < -0.4 is 0 Å². The minimum absolute atomic E-state index is 0.392. The Hall–Kier alpha value is -1.04. The second-order valence-electron chi connectivity index (χ2n) is 4.88. The van der Waals surface area contributed by atoms with Gasteiger partial charge >= 0.3 is 0 Å². The van der Waals surface area contributed by atoms with Crippen molar-refractivity contribution >= 4 is 5.57 Å². The predicted molar refractivity (Wildman–Crippen MR) is 62.1 cm³/mol. The molecule has 1 aliphatic carbocycles. The van der Waals surface area contributed by atoms with Crippen molar-refractivity contribution in [2.45, 2.75) is 33.1 Å². The molecule has 14 heavy (non-hydrogen) atoms. The van der Waals surface area contributed by atoms with E-state index in [4.69, 9.17) is 0 Å². The molecule has 0 radical (unpaired) electrons. The standard InChI is InChI=1S/C14H18/c1-14(2)10-6-9-13(11-14)12-7-4-3-5-8-12/h3-5,7-8,11H,6,9-10H2,1-2H3. The number of rotatable bonds is 1. The molecular formula is C14H18. The van der Waals surface area contributed by atoms with Gasteiger partial charge in [0.15, 0.2) is 0 Å². The van der Waals surface area contributed by atoms with E-state index in [1.807, 2.05) is 0 Å². The zero-order valence-electron chi connectivity index (χ0n) is 9.09. The van der Waals surface area contributed by atoms with Crippen molar-refractivity contribution in [2.24, 2.45) is 5.41 Å². The first kappa shape index (κ1) is 9.51. The van der Waals surface area contributed by atoms with Crippen molar-refractivity contribution in [3.05, 3.63) is 42.0 Å². The Morgan fingerprint density at radius 3 is 2.43 bits per heavy atom. The molecule has 0 saturated heterocycles. The maximum Gasteiger partial charge on any atom is -0.0169 e. The van der Waals surface area contributed by atoms with Crippen LogP contribution in [0.4, 0.5) is 0 Å². The summed E-state index contributed by atoms with van der Waals surface area (Å²) < 4.78 is 0. The molecule has 0 aromatic heterocycles. The molecule has 0 N–H and O–H groups in total. The number of benzene rings is 1. The van der Waals surface area contributed by atoms with Crippen LogP contribution in [0.1, 0.15) is 38.7 Å². The maximum atomic E-state index is 2.45. The van der Waals surface area contributed by atoms with Gasteiger partial charge in [0.1, 0.15) is 0 Å². The van der Waals surface area contributed by atoms with Gasteiger partial charge in [-0.05, 0) is 35.8 Å². The summed E-state index contributed by atoms with van der Waals surface area (Å²) in [6.45, 7) is 4.66. The van der Waals surface area contributed by atoms with E-state index in [0.717, 1.165) is 0 Å². The molecular weight excluding hydrogens is 168 g/mol. The summed E-state index contributed by atoms with van der Waals surface area (Å²) in [6, 6.07) is 10.8. The highest BCUT2D eigenvalue weighted by molar-refractivity contribution is 5.66. The minimum atomic E-state index is 0.392. The van der Waals surface area contributed by atoms with Crippen LogP contribution in [0.5, 0.6) is 0 Å². The molecule has 0 spiro atoms. The van der Waals surface area contributed by atoms with Gasteiger partial charge < -0.3 is 0 Å². The lowest BCUT2D eigenvalue weighted by Gasteiger charge is -2.27. The average molecular weight is 186 g/mol. The second-order valence-corrected chi connectivity index (χ2v) is 4.88. The number of hydrogen-bond donors (Lipinski definition) is 0. The van der Waals surface area contributed by atoms with Crippen LogP contribution in [0.2, 0.25) is 0 Å². The zero-order valence-corrected chi connectivity index (χ0v) is 9.09. The Labute approximate surface area is 86.7 Å². The Morgan fingerprint density at radius 2 is 1.79 bits per heavy atom. The molecule has 74 valence electrons. The third-order valence-corrected chi connectivity index (χ3v) is 2.98. The molecule has 0 saturated carbocycles. The number of hydrogen-bond acceptors (Lipinski definition) is 0. The van der Waals surface area contributed by atoms with Gasteiger partial charge in [-0.3, -0.25) is 0 Å². The molecule has 0 unspecified atom stereocenters. The van der Waals surface area contributed by atoms with E-state index < -0.39 is 0 Å². The van der Waals surface area contributed by atoms with Crippen LogP contribution in [0.3, 0.4) is 0 Å². The summed E-state index contributed by atoms with van der Waals surface area (Å²) >= 11 is 0. The maximum absolute atomic E-state index is 2.45. The SMILES string of the molecule is CC1(C)C=C(c2ccccc2)CCC1. The number of allylic oxidation sites excluding steroid dienone is 2. The van der Waals surface area contributed by atoms with Gasteiger partial charge in [0.05, 0.1) is 0 Å². The largest absolute Gasteiger partial charge is 0.0750 e. The fraction of sp³-hybridized carbons (Fsp3) is 0.429. The van der Waals surface area contributed by atoms with E-state index in [0.29, 0.717) is 5.41 Å². The molecule has 0 heterocycles. The van der Waals surface area contributed by atoms with Crippen molar-refractivity contribution in [2.75, 3.05) is 0 Å². The highest BCUT2D eigenvalue weighted by Crippen LogP contribution is 2.36. The molecule has 0 amide bonds. The predicted octanol–water partition coefficient (Wildman–Crippen LogP) is 4.28. The van der Waals surface area contributed by atoms with Gasteiger partial charge in [-0.15, -0.1) is 0 Å². The highest BCUT2D eigenvalue weighted by Gasteiger charge is 2.20. The highest BCUT2D eigenvalue weighted by atomic mass is 14.3. The lowest BCUT2D eigenvalue weighted by molar-refractivity contribution is 0.411. The Balaban J connectivity index is 2.31. The first-order chi connectivity index (χ1) is 6.67. The van der Waals surface area contributed by atoms with E-state index in [1.54, 1.807) is 0 Å². The summed E-state index contributed by atoms with van der Waals surface area (Å²) in [5, 5.41) is 0. The molecule has 0 bridgehead atoms. The Bertz CT molecular complexity index is 330. The molecule has 1 aromatic carbocycles. The molecule has 0 nitrogen and oxygen atoms in total. The Kier molecular flexibility index (Phi) is 2.45. The molecule has 0 aliphatic heterocycles. The second kappa shape index (κ2) is 3.61. The van der Waals surface area contributed by atoms with Gasteiger partial charge in [-0.2, -0.15) is 0 Å². The Morgan fingerprint density at radius 1 is 1.07 bits per heavy atom. The van der Waals surface area contributed by atoms with Gasteiger partial charge in [0.25, 0.3) is 0 Å². The molecule has 1 aromatic rings. The van der Waals surface area contributed by atoms with E-state index in [2.05, 4.69) is 50.3 Å². The fourth-order valence-corrected chi connectivity index (χ4v) is 2.23. The van der Waals surface area contributed by atoms with Crippen molar-refractivity contribution in [1.82, 2.24) is 0 Å². The van der Waals surface area contributed by atoms with E-state index >= 15 is 0 Å². The molecule has 1 aliphatic rings. The first-order valence-electron chi connectivity index (χ1n) is 5.45. The summed E-state index contributed by atoms with van der Waals surface area (Å²) in [7, 11) is 0. The topological polar surface area (TPSA) is 0 Å². The molecule has 2 rings (SSSR count). The van der Waals surface area contributed by atoms with E-state index in [1.165, 1.54) is 30.4 Å². The smallest absolute Gasteiger partial charge is 0.0169 e. The van der Waals surface area contributed by atoms with Gasteiger partial charge in [-0.1, -0.05) is 50.3 Å². The van der Waals surface area contributed by atoms with Crippen LogP contribution in [-0.2, 0) is 0 Å². The normalized spacial score (nSPS) is 20.3. The third-order valence-electron chi connectivity index (χ3n) is 2.98. The third kappa shape index (κ3) is 2.06. The summed E-state index contributed by atoms with van der Waals surface area (Å²) in [5.41, 5.74) is 3.32. The zero-order chi connectivity index (χ0) is 10.0. The monoisotopic (exact) mass is 186 g/mol. The summed E-state index contributed by atoms with van der Waals surface area (Å²) in [6.07, 6.45) is 6.34. The van der Waals surface area contributed by atoms with Gasteiger partial charge in [-0.25, -0.2) is 0 Å². The van der Waals surface area contributed by atoms with Crippen LogP contribution in [0.15, 0.2) is 36.4 Å². The van der Waals surface area contributed by atoms with Crippen LogP contribution in [0.25, 0.3) is 5.57 Å². The molecule has 0 heteroatoms. The lowest BCUT2D eigenvalue weighted by Crippen LogP contribution is -2.12. The summed E-state index contributed by atoms with van der Waals surface area (Å²) in [4.78, 5) is 0.